The molecule has 3 N–H and O–H groups in total. The molecule has 1 aliphatic carbocycles. The highest BCUT2D eigenvalue weighted by molar-refractivity contribution is 5.94. The van der Waals surface area contributed by atoms with E-state index in [4.69, 9.17) is 15.7 Å². The molecular formula is C30H23N11O. The number of aryl methyl sites for hydroxylation is 2. The van der Waals surface area contributed by atoms with Gasteiger partial charge in [-0.05, 0) is 67.3 Å². The number of imidazole rings is 1. The van der Waals surface area contributed by atoms with Crippen molar-refractivity contribution in [2.24, 2.45) is 0 Å². The standard InChI is InChI=1S/C30H23N11O/c1-17-4-5-19(16-34-17)30(42)37-24-9-6-18-13-21(7-8-22(18)24)40-28(23-3-2-10-33-27(23)32)39-26-20(15-31)14-25(38-29(26)40)41-35-11-12-36-41/h2-5,7-8,10-14,16,24H,6,9H2,1H3,(H2,32,33)(H,37,42)/t24-/m0/s1. The number of carbonyl (C=O) groups excluding carboxylic acids is 1. The number of nitrogen functional groups attached to an aromatic ring is 1. The van der Waals surface area contributed by atoms with Crippen molar-refractivity contribution in [2.75, 3.05) is 5.73 Å². The van der Waals surface area contributed by atoms with E-state index in [2.05, 4.69) is 37.6 Å². The van der Waals surface area contributed by atoms with Gasteiger partial charge in [-0.1, -0.05) is 6.07 Å². The van der Waals surface area contributed by atoms with Crippen LogP contribution in [-0.2, 0) is 6.42 Å². The van der Waals surface area contributed by atoms with Crippen LogP contribution in [0.4, 0.5) is 5.82 Å². The number of rotatable bonds is 5. The lowest BCUT2D eigenvalue weighted by Crippen LogP contribution is -2.27. The van der Waals surface area contributed by atoms with Gasteiger partial charge in [0.2, 0.25) is 0 Å². The summed E-state index contributed by atoms with van der Waals surface area (Å²) < 4.78 is 1.88. The first kappa shape index (κ1) is 25.0. The molecular weight excluding hydrogens is 530 g/mol. The third kappa shape index (κ3) is 4.20. The van der Waals surface area contributed by atoms with Crippen molar-refractivity contribution >= 4 is 22.9 Å². The zero-order valence-electron chi connectivity index (χ0n) is 22.4. The number of aromatic nitrogens is 8. The van der Waals surface area contributed by atoms with Crippen LogP contribution in [0.15, 0.2) is 73.3 Å². The summed E-state index contributed by atoms with van der Waals surface area (Å²) in [5.74, 6) is 1.02. The minimum absolute atomic E-state index is 0.128. The molecule has 6 aromatic rings. The first-order valence-electron chi connectivity index (χ1n) is 13.3. The van der Waals surface area contributed by atoms with E-state index in [-0.39, 0.29) is 11.9 Å². The fourth-order valence-corrected chi connectivity index (χ4v) is 5.32. The van der Waals surface area contributed by atoms with E-state index in [1.165, 1.54) is 4.80 Å². The van der Waals surface area contributed by atoms with Crippen molar-refractivity contribution in [3.05, 3.63) is 101 Å². The van der Waals surface area contributed by atoms with Crippen LogP contribution >= 0.6 is 0 Å². The Morgan fingerprint density at radius 1 is 1.07 bits per heavy atom. The van der Waals surface area contributed by atoms with Crippen LogP contribution in [-0.4, -0.2) is 45.4 Å². The Hall–Kier alpha value is -5.96. The van der Waals surface area contributed by atoms with Gasteiger partial charge >= 0.3 is 0 Å². The number of fused-ring (bicyclic) bond motifs is 2. The Bertz CT molecular complexity index is 2020. The largest absolute Gasteiger partial charge is 0.383 e. The van der Waals surface area contributed by atoms with Crippen LogP contribution in [0.5, 0.6) is 0 Å². The Morgan fingerprint density at radius 2 is 1.93 bits per heavy atom. The van der Waals surface area contributed by atoms with E-state index in [1.54, 1.807) is 43.0 Å². The number of nitrogens with one attached hydrogen (secondary N) is 1. The maximum Gasteiger partial charge on any atom is 0.253 e. The molecule has 12 nitrogen and oxygen atoms in total. The van der Waals surface area contributed by atoms with Crippen LogP contribution in [0.2, 0.25) is 0 Å². The molecule has 0 aliphatic heterocycles. The molecule has 0 spiro atoms. The number of carbonyl (C=O) groups is 1. The molecule has 0 saturated carbocycles. The molecule has 0 unspecified atom stereocenters. The summed E-state index contributed by atoms with van der Waals surface area (Å²) in [5.41, 5.74) is 12.4. The highest BCUT2D eigenvalue weighted by atomic mass is 16.1. The van der Waals surface area contributed by atoms with E-state index >= 15 is 0 Å². The lowest BCUT2D eigenvalue weighted by molar-refractivity contribution is 0.0936. The van der Waals surface area contributed by atoms with Gasteiger partial charge in [0, 0.05) is 29.8 Å². The lowest BCUT2D eigenvalue weighted by Gasteiger charge is -2.16. The molecule has 1 atom stereocenters. The Labute approximate surface area is 239 Å². The SMILES string of the molecule is Cc1ccc(C(=O)N[C@H]2CCc3cc(-n4c(-c5cccnc5N)nc5c(C#N)cc(-n6nccn6)nc54)ccc32)cn1. The molecule has 5 aromatic heterocycles. The number of nitriles is 1. The zero-order chi connectivity index (χ0) is 28.8. The van der Waals surface area contributed by atoms with Crippen LogP contribution in [0.25, 0.3) is 34.1 Å². The van der Waals surface area contributed by atoms with Gasteiger partial charge in [0.15, 0.2) is 17.3 Å². The number of hydrogen-bond donors (Lipinski definition) is 2. The van der Waals surface area contributed by atoms with Crippen molar-refractivity contribution in [2.45, 2.75) is 25.8 Å². The first-order chi connectivity index (χ1) is 20.5. The summed E-state index contributed by atoms with van der Waals surface area (Å²) >= 11 is 0. The molecule has 12 heteroatoms. The minimum atomic E-state index is -0.160. The number of nitrogens with two attached hydrogens (primary N) is 1. The van der Waals surface area contributed by atoms with Crippen LogP contribution in [0.3, 0.4) is 0 Å². The molecule has 204 valence electrons. The second kappa shape index (κ2) is 9.90. The van der Waals surface area contributed by atoms with E-state index in [1.807, 2.05) is 35.8 Å². The van der Waals surface area contributed by atoms with Gasteiger partial charge in [-0.2, -0.15) is 15.5 Å². The number of hydrogen-bond acceptors (Lipinski definition) is 9. The number of anilines is 1. The molecule has 1 amide bonds. The van der Waals surface area contributed by atoms with E-state index in [9.17, 15) is 10.1 Å². The minimum Gasteiger partial charge on any atom is -0.383 e. The molecule has 7 rings (SSSR count). The monoisotopic (exact) mass is 553 g/mol. The molecule has 0 fully saturated rings. The predicted molar refractivity (Wildman–Crippen MR) is 154 cm³/mol. The highest BCUT2D eigenvalue weighted by Crippen LogP contribution is 2.36. The fourth-order valence-electron chi connectivity index (χ4n) is 5.32. The smallest absolute Gasteiger partial charge is 0.253 e. The van der Waals surface area contributed by atoms with Crippen molar-refractivity contribution in [1.82, 2.24) is 44.8 Å². The molecule has 0 bridgehead atoms. The Balaban J connectivity index is 1.35. The molecule has 5 heterocycles. The van der Waals surface area contributed by atoms with Gasteiger partial charge in [0.1, 0.15) is 17.4 Å². The quantitative estimate of drug-likeness (QED) is 0.324. The van der Waals surface area contributed by atoms with Gasteiger partial charge in [0.05, 0.1) is 35.1 Å². The number of nitrogens with zero attached hydrogens (tertiary/aromatic N) is 9. The summed E-state index contributed by atoms with van der Waals surface area (Å²) in [7, 11) is 0. The summed E-state index contributed by atoms with van der Waals surface area (Å²) in [4.78, 5) is 32.4. The van der Waals surface area contributed by atoms with Crippen molar-refractivity contribution in [3.8, 4) is 29.0 Å². The average Bonchev–Trinajstić information content (AvgIpc) is 3.76. The number of pyridine rings is 3. The maximum atomic E-state index is 12.9. The van der Waals surface area contributed by atoms with Gasteiger partial charge in [0.25, 0.3) is 5.91 Å². The van der Waals surface area contributed by atoms with Gasteiger partial charge in [-0.3, -0.25) is 14.3 Å². The van der Waals surface area contributed by atoms with Crippen LogP contribution in [0.1, 0.15) is 45.2 Å². The molecule has 42 heavy (non-hydrogen) atoms. The third-order valence-corrected chi connectivity index (χ3v) is 7.37. The topological polar surface area (TPSA) is 166 Å². The third-order valence-electron chi connectivity index (χ3n) is 7.37. The van der Waals surface area contributed by atoms with Crippen molar-refractivity contribution < 1.29 is 4.79 Å². The number of amides is 1. The fraction of sp³-hybridized carbons (Fsp3) is 0.133. The number of benzene rings is 1. The molecule has 0 saturated heterocycles. The Morgan fingerprint density at radius 3 is 2.69 bits per heavy atom. The van der Waals surface area contributed by atoms with Gasteiger partial charge < -0.3 is 11.1 Å². The second-order valence-corrected chi connectivity index (χ2v) is 9.97. The highest BCUT2D eigenvalue weighted by Gasteiger charge is 2.27. The van der Waals surface area contributed by atoms with E-state index < -0.39 is 0 Å². The first-order valence-corrected chi connectivity index (χ1v) is 13.3. The van der Waals surface area contributed by atoms with Gasteiger partial charge in [-0.15, -0.1) is 4.80 Å². The predicted octanol–water partition coefficient (Wildman–Crippen LogP) is 3.64. The van der Waals surface area contributed by atoms with Crippen molar-refractivity contribution in [3.63, 3.8) is 0 Å². The maximum absolute atomic E-state index is 12.9. The molecule has 1 aromatic carbocycles. The summed E-state index contributed by atoms with van der Waals surface area (Å²) in [5, 5.41) is 21.6. The normalized spacial score (nSPS) is 14.0. The average molecular weight is 554 g/mol. The summed E-state index contributed by atoms with van der Waals surface area (Å²) in [6.45, 7) is 1.88. The Kier molecular flexibility index (Phi) is 5.90. The van der Waals surface area contributed by atoms with Crippen LogP contribution in [0, 0.1) is 18.3 Å². The second-order valence-electron chi connectivity index (χ2n) is 9.97. The van der Waals surface area contributed by atoms with E-state index in [0.29, 0.717) is 45.3 Å². The molecule has 1 aliphatic rings. The molecule has 0 radical (unpaired) electrons. The van der Waals surface area contributed by atoms with Crippen molar-refractivity contribution in [1.29, 1.82) is 5.26 Å². The van der Waals surface area contributed by atoms with Gasteiger partial charge in [-0.25, -0.2) is 15.0 Å². The van der Waals surface area contributed by atoms with Crippen LogP contribution < -0.4 is 11.1 Å². The van der Waals surface area contributed by atoms with E-state index in [0.717, 1.165) is 35.3 Å². The lowest BCUT2D eigenvalue weighted by atomic mass is 10.1. The summed E-state index contributed by atoms with van der Waals surface area (Å²) in [6, 6.07) is 17.0. The zero-order valence-corrected chi connectivity index (χ0v) is 22.4. The summed E-state index contributed by atoms with van der Waals surface area (Å²) in [6.07, 6.45) is 7.83.